The van der Waals surface area contributed by atoms with Gasteiger partial charge < -0.3 is 10.1 Å². The molecule has 0 radical (unpaired) electrons. The van der Waals surface area contributed by atoms with Gasteiger partial charge >= 0.3 is 0 Å². The van der Waals surface area contributed by atoms with E-state index in [1.165, 1.54) is 23.0 Å². The Kier molecular flexibility index (Phi) is 7.67. The van der Waals surface area contributed by atoms with E-state index < -0.39 is 21.8 Å². The van der Waals surface area contributed by atoms with Gasteiger partial charge in [-0.1, -0.05) is 30.3 Å². The van der Waals surface area contributed by atoms with Crippen LogP contribution in [0.5, 0.6) is 5.75 Å². The lowest BCUT2D eigenvalue weighted by molar-refractivity contribution is -0.126. The lowest BCUT2D eigenvalue weighted by atomic mass is 9.98. The minimum atomic E-state index is -3.98. The van der Waals surface area contributed by atoms with Gasteiger partial charge in [-0.2, -0.15) is 4.31 Å². The van der Waals surface area contributed by atoms with E-state index in [2.05, 4.69) is 17.4 Å². The molecule has 0 unspecified atom stereocenters. The van der Waals surface area contributed by atoms with Gasteiger partial charge in [0.15, 0.2) is 0 Å². The number of ether oxygens (including phenoxy) is 1. The third-order valence-electron chi connectivity index (χ3n) is 5.60. The first kappa shape index (κ1) is 23.2. The van der Waals surface area contributed by atoms with Crippen molar-refractivity contribution in [3.63, 3.8) is 0 Å². The van der Waals surface area contributed by atoms with Crippen LogP contribution in [0.25, 0.3) is 0 Å². The van der Waals surface area contributed by atoms with Gasteiger partial charge in [-0.15, -0.1) is 0 Å². The van der Waals surface area contributed by atoms with E-state index >= 15 is 0 Å². The molecule has 8 heteroatoms. The zero-order chi connectivity index (χ0) is 22.4. The molecule has 0 bridgehead atoms. The summed E-state index contributed by atoms with van der Waals surface area (Å²) in [6.07, 6.45) is 2.83. The number of benzene rings is 2. The van der Waals surface area contributed by atoms with Gasteiger partial charge in [0, 0.05) is 19.1 Å². The molecule has 2 atom stereocenters. The van der Waals surface area contributed by atoms with Crippen LogP contribution in [0.2, 0.25) is 0 Å². The topological polar surface area (TPSA) is 75.7 Å². The number of nitrogens with zero attached hydrogens (tertiary/aromatic N) is 1. The third kappa shape index (κ3) is 5.83. The molecule has 1 N–H and O–H groups in total. The van der Waals surface area contributed by atoms with Gasteiger partial charge in [0.1, 0.15) is 16.5 Å². The molecule has 1 fully saturated rings. The maximum atomic E-state index is 13.7. The van der Waals surface area contributed by atoms with Crippen molar-refractivity contribution in [1.82, 2.24) is 9.62 Å². The third-order valence-corrected chi connectivity index (χ3v) is 7.48. The summed E-state index contributed by atoms with van der Waals surface area (Å²) < 4.78 is 46.3. The molecule has 1 amide bonds. The van der Waals surface area contributed by atoms with Crippen molar-refractivity contribution in [2.24, 2.45) is 5.92 Å². The summed E-state index contributed by atoms with van der Waals surface area (Å²) in [5.41, 5.74) is 1.21. The van der Waals surface area contributed by atoms with E-state index in [9.17, 15) is 17.6 Å². The Morgan fingerprint density at radius 3 is 2.71 bits per heavy atom. The average Bonchev–Trinajstić information content (AvgIpc) is 2.78. The summed E-state index contributed by atoms with van der Waals surface area (Å²) in [5, 5.41) is 3.02. The van der Waals surface area contributed by atoms with Gasteiger partial charge in [0.05, 0.1) is 13.0 Å². The molecule has 0 aliphatic carbocycles. The molecule has 3 rings (SSSR count). The second-order valence-electron chi connectivity index (χ2n) is 7.93. The minimum absolute atomic E-state index is 0.0250. The molecule has 0 aromatic heterocycles. The number of sulfonamides is 1. The van der Waals surface area contributed by atoms with Crippen molar-refractivity contribution in [3.8, 4) is 5.75 Å². The Morgan fingerprint density at radius 1 is 1.26 bits per heavy atom. The SMILES string of the molecule is COc1ccc(F)cc1S(=O)(=O)N1CCC[C@@H](C(=O)N[C@H](C)CCc2ccccc2)C1. The Bertz CT molecular complexity index is 998. The van der Waals surface area contributed by atoms with Crippen LogP contribution < -0.4 is 10.1 Å². The van der Waals surface area contributed by atoms with Crippen molar-refractivity contribution in [2.45, 2.75) is 43.5 Å². The normalized spacial score (nSPS) is 18.4. The highest BCUT2D eigenvalue weighted by Crippen LogP contribution is 2.30. The number of aryl methyl sites for hydroxylation is 1. The number of amides is 1. The fourth-order valence-electron chi connectivity index (χ4n) is 3.83. The smallest absolute Gasteiger partial charge is 0.246 e. The van der Waals surface area contributed by atoms with Crippen molar-refractivity contribution in [3.05, 3.63) is 59.9 Å². The van der Waals surface area contributed by atoms with Crippen LogP contribution in [0.4, 0.5) is 4.39 Å². The molecule has 1 heterocycles. The monoisotopic (exact) mass is 448 g/mol. The van der Waals surface area contributed by atoms with Gasteiger partial charge in [0.25, 0.3) is 0 Å². The Hall–Kier alpha value is -2.45. The highest BCUT2D eigenvalue weighted by atomic mass is 32.2. The predicted molar refractivity (Wildman–Crippen MR) is 117 cm³/mol. The number of carbonyl (C=O) groups is 1. The molecule has 0 spiro atoms. The van der Waals surface area contributed by atoms with Gasteiger partial charge in [-0.25, -0.2) is 12.8 Å². The molecule has 0 saturated carbocycles. The van der Waals surface area contributed by atoms with Crippen LogP contribution in [-0.4, -0.2) is 44.9 Å². The van der Waals surface area contributed by atoms with E-state index in [4.69, 9.17) is 4.74 Å². The van der Waals surface area contributed by atoms with Gasteiger partial charge in [-0.3, -0.25) is 4.79 Å². The Morgan fingerprint density at radius 2 is 2.00 bits per heavy atom. The summed E-state index contributed by atoms with van der Waals surface area (Å²) in [6.45, 7) is 2.31. The van der Waals surface area contributed by atoms with Crippen LogP contribution in [0.3, 0.4) is 0 Å². The van der Waals surface area contributed by atoms with Crippen LogP contribution >= 0.6 is 0 Å². The lowest BCUT2D eigenvalue weighted by Crippen LogP contribution is -2.47. The second kappa shape index (κ2) is 10.2. The number of nitrogens with one attached hydrogen (secondary N) is 1. The fraction of sp³-hybridized carbons (Fsp3) is 0.435. The second-order valence-corrected chi connectivity index (χ2v) is 9.84. The standard InChI is InChI=1S/C23H29FN2O4S/c1-17(10-11-18-7-4-3-5-8-18)25-23(27)19-9-6-14-26(16-19)31(28,29)22-15-20(24)12-13-21(22)30-2/h3-5,7-8,12-13,15,17,19H,6,9-11,14,16H2,1-2H3,(H,25,27)/t17-,19-/m1/s1. The molecule has 2 aromatic carbocycles. The van der Waals surface area contributed by atoms with Crippen LogP contribution in [0.15, 0.2) is 53.4 Å². The highest BCUT2D eigenvalue weighted by Gasteiger charge is 2.35. The largest absolute Gasteiger partial charge is 0.495 e. The number of carbonyl (C=O) groups excluding carboxylic acids is 1. The maximum absolute atomic E-state index is 13.7. The molecule has 2 aromatic rings. The first-order chi connectivity index (χ1) is 14.8. The Labute approximate surface area is 183 Å². The quantitative estimate of drug-likeness (QED) is 0.672. The average molecular weight is 449 g/mol. The first-order valence-corrected chi connectivity index (χ1v) is 11.9. The highest BCUT2D eigenvalue weighted by molar-refractivity contribution is 7.89. The molecule has 1 saturated heterocycles. The molecule has 31 heavy (non-hydrogen) atoms. The van der Waals surface area contributed by atoms with E-state index in [1.54, 1.807) is 0 Å². The molecule has 1 aliphatic heterocycles. The summed E-state index contributed by atoms with van der Waals surface area (Å²) in [6, 6.07) is 13.4. The maximum Gasteiger partial charge on any atom is 0.246 e. The van der Waals surface area contributed by atoms with Crippen molar-refractivity contribution in [1.29, 1.82) is 0 Å². The first-order valence-electron chi connectivity index (χ1n) is 10.5. The summed E-state index contributed by atoms with van der Waals surface area (Å²) >= 11 is 0. The van der Waals surface area contributed by atoms with Crippen LogP contribution in [0.1, 0.15) is 31.7 Å². The zero-order valence-electron chi connectivity index (χ0n) is 17.9. The van der Waals surface area contributed by atoms with Crippen LogP contribution in [-0.2, 0) is 21.2 Å². The Balaban J connectivity index is 1.63. The predicted octanol–water partition coefficient (Wildman–Crippen LogP) is 3.37. The fourth-order valence-corrected chi connectivity index (χ4v) is 5.52. The number of hydrogen-bond acceptors (Lipinski definition) is 4. The molecular formula is C23H29FN2O4S. The number of piperidine rings is 1. The van der Waals surface area contributed by atoms with E-state index in [0.29, 0.717) is 12.8 Å². The molecule has 1 aliphatic rings. The van der Waals surface area contributed by atoms with Gasteiger partial charge in [0.2, 0.25) is 15.9 Å². The molecule has 168 valence electrons. The number of methoxy groups -OCH3 is 1. The summed E-state index contributed by atoms with van der Waals surface area (Å²) in [5.74, 6) is -1.16. The van der Waals surface area contributed by atoms with E-state index in [0.717, 1.165) is 25.0 Å². The van der Waals surface area contributed by atoms with Crippen molar-refractivity contribution in [2.75, 3.05) is 20.2 Å². The number of hydrogen-bond donors (Lipinski definition) is 1. The summed E-state index contributed by atoms with van der Waals surface area (Å²) in [4.78, 5) is 12.6. The molecule has 6 nitrogen and oxygen atoms in total. The number of rotatable bonds is 8. The zero-order valence-corrected chi connectivity index (χ0v) is 18.7. The lowest BCUT2D eigenvalue weighted by Gasteiger charge is -2.32. The summed E-state index contributed by atoms with van der Waals surface area (Å²) in [7, 11) is -2.64. The minimum Gasteiger partial charge on any atom is -0.495 e. The van der Waals surface area contributed by atoms with Gasteiger partial charge in [-0.05, 0) is 56.4 Å². The van der Waals surface area contributed by atoms with Crippen molar-refractivity contribution < 1.29 is 22.3 Å². The van der Waals surface area contributed by atoms with Crippen molar-refractivity contribution >= 4 is 15.9 Å². The van der Waals surface area contributed by atoms with E-state index in [1.807, 2.05) is 25.1 Å². The van der Waals surface area contributed by atoms with E-state index in [-0.39, 0.29) is 35.7 Å². The van der Waals surface area contributed by atoms with Crippen LogP contribution in [0, 0.1) is 11.7 Å². The number of halogens is 1. The molecular weight excluding hydrogens is 419 g/mol.